The first-order chi connectivity index (χ1) is 14.4. The summed E-state index contributed by atoms with van der Waals surface area (Å²) in [5.41, 5.74) is 1.80. The molecule has 0 bridgehead atoms. The average molecular weight is 452 g/mol. The summed E-state index contributed by atoms with van der Waals surface area (Å²) in [5, 5.41) is 0.802. The summed E-state index contributed by atoms with van der Waals surface area (Å²) in [6, 6.07) is 15.0. The van der Waals surface area contributed by atoms with Crippen LogP contribution < -0.4 is 0 Å². The molecular weight excluding hydrogens is 425 g/mol. The summed E-state index contributed by atoms with van der Waals surface area (Å²) in [5.74, 6) is -1.17. The zero-order chi connectivity index (χ0) is 21.9. The summed E-state index contributed by atoms with van der Waals surface area (Å²) < 4.78 is 10.4. The van der Waals surface area contributed by atoms with E-state index in [1.807, 2.05) is 30.3 Å². The van der Waals surface area contributed by atoms with E-state index >= 15 is 0 Å². The van der Waals surface area contributed by atoms with Crippen LogP contribution in [0, 0.1) is 0 Å². The third-order valence-electron chi connectivity index (χ3n) is 4.54. The number of benzene rings is 2. The summed E-state index contributed by atoms with van der Waals surface area (Å²) in [6.45, 7) is 5.56. The van der Waals surface area contributed by atoms with Crippen molar-refractivity contribution in [3.63, 3.8) is 0 Å². The molecule has 0 aliphatic carbocycles. The highest BCUT2D eigenvalue weighted by atomic mass is 35.5. The second-order valence-corrected chi connectivity index (χ2v) is 7.57. The van der Waals surface area contributed by atoms with Gasteiger partial charge in [-0.15, -0.1) is 0 Å². The predicted molar refractivity (Wildman–Crippen MR) is 119 cm³/mol. The standard InChI is InChI=1S/C23H27Cl2NO4/c1-3-29-22(27)12-13-26(15-17-8-6-5-7-9-17)16-19(23(28)30-4-2)18-10-11-20(24)21(25)14-18/h5-11,14,19H,3-4,12-13,15-16H2,1-2H3. The van der Waals surface area contributed by atoms with Crippen molar-refractivity contribution >= 4 is 35.1 Å². The normalized spacial score (nSPS) is 11.9. The minimum atomic E-state index is -0.564. The van der Waals surface area contributed by atoms with Crippen LogP contribution in [0.15, 0.2) is 48.5 Å². The lowest BCUT2D eigenvalue weighted by Crippen LogP contribution is -2.34. The van der Waals surface area contributed by atoms with Crippen molar-refractivity contribution < 1.29 is 19.1 Å². The Kier molecular flexibility index (Phi) is 10.1. The number of esters is 2. The molecule has 0 spiro atoms. The van der Waals surface area contributed by atoms with E-state index in [2.05, 4.69) is 4.90 Å². The van der Waals surface area contributed by atoms with Gasteiger partial charge in [-0.3, -0.25) is 14.5 Å². The van der Waals surface area contributed by atoms with Gasteiger partial charge in [-0.25, -0.2) is 0 Å². The fourth-order valence-corrected chi connectivity index (χ4v) is 3.41. The Morgan fingerprint density at radius 1 is 0.967 bits per heavy atom. The Morgan fingerprint density at radius 2 is 1.67 bits per heavy atom. The summed E-state index contributed by atoms with van der Waals surface area (Å²) in [6.07, 6.45) is 0.234. The SMILES string of the molecule is CCOC(=O)CCN(Cc1ccccc1)CC(C(=O)OCC)c1ccc(Cl)c(Cl)c1. The van der Waals surface area contributed by atoms with Gasteiger partial charge in [0.25, 0.3) is 0 Å². The van der Waals surface area contributed by atoms with E-state index in [4.69, 9.17) is 32.7 Å². The maximum Gasteiger partial charge on any atom is 0.314 e. The lowest BCUT2D eigenvalue weighted by atomic mass is 9.98. The van der Waals surface area contributed by atoms with Gasteiger partial charge in [0.05, 0.1) is 35.6 Å². The second kappa shape index (κ2) is 12.6. The van der Waals surface area contributed by atoms with Crippen LogP contribution >= 0.6 is 23.2 Å². The minimum Gasteiger partial charge on any atom is -0.466 e. The Morgan fingerprint density at radius 3 is 2.30 bits per heavy atom. The molecule has 0 amide bonds. The lowest BCUT2D eigenvalue weighted by molar-refractivity contribution is -0.145. The van der Waals surface area contributed by atoms with Crippen molar-refractivity contribution in [2.45, 2.75) is 32.7 Å². The van der Waals surface area contributed by atoms with Gasteiger partial charge in [0, 0.05) is 19.6 Å². The molecule has 30 heavy (non-hydrogen) atoms. The molecule has 0 saturated carbocycles. The first-order valence-corrected chi connectivity index (χ1v) is 10.7. The fourth-order valence-electron chi connectivity index (χ4n) is 3.11. The van der Waals surface area contributed by atoms with Gasteiger partial charge in [0.2, 0.25) is 0 Å². The molecule has 2 aromatic rings. The Balaban J connectivity index is 2.25. The number of nitrogens with zero attached hydrogens (tertiary/aromatic N) is 1. The zero-order valence-electron chi connectivity index (χ0n) is 17.3. The molecule has 0 saturated heterocycles. The monoisotopic (exact) mass is 451 g/mol. The highest BCUT2D eigenvalue weighted by molar-refractivity contribution is 6.42. The van der Waals surface area contributed by atoms with E-state index in [-0.39, 0.29) is 25.0 Å². The maximum absolute atomic E-state index is 12.8. The molecule has 162 valence electrons. The molecule has 2 rings (SSSR count). The summed E-state index contributed by atoms with van der Waals surface area (Å²) >= 11 is 12.2. The molecule has 0 N–H and O–H groups in total. The molecule has 0 aliphatic rings. The molecule has 1 atom stereocenters. The molecule has 0 fully saturated rings. The number of carbonyl (C=O) groups excluding carboxylic acids is 2. The summed E-state index contributed by atoms with van der Waals surface area (Å²) in [4.78, 5) is 26.7. The molecule has 5 nitrogen and oxygen atoms in total. The van der Waals surface area contributed by atoms with Gasteiger partial charge in [-0.2, -0.15) is 0 Å². The fraction of sp³-hybridized carbons (Fsp3) is 0.391. The number of carbonyl (C=O) groups is 2. The molecular formula is C23H27Cl2NO4. The summed E-state index contributed by atoms with van der Waals surface area (Å²) in [7, 11) is 0. The van der Waals surface area contributed by atoms with Crippen molar-refractivity contribution in [2.24, 2.45) is 0 Å². The maximum atomic E-state index is 12.8. The van der Waals surface area contributed by atoms with Gasteiger partial charge < -0.3 is 9.47 Å². The van der Waals surface area contributed by atoms with E-state index < -0.39 is 5.92 Å². The van der Waals surface area contributed by atoms with E-state index in [0.717, 1.165) is 11.1 Å². The number of hydrogen-bond donors (Lipinski definition) is 0. The van der Waals surface area contributed by atoms with Crippen LogP contribution in [0.25, 0.3) is 0 Å². The van der Waals surface area contributed by atoms with Crippen LogP contribution in [0.3, 0.4) is 0 Å². The highest BCUT2D eigenvalue weighted by Gasteiger charge is 2.26. The van der Waals surface area contributed by atoms with Crippen LogP contribution in [0.1, 0.15) is 37.3 Å². The third kappa shape index (κ3) is 7.63. The van der Waals surface area contributed by atoms with Gasteiger partial charge >= 0.3 is 11.9 Å². The van der Waals surface area contributed by atoms with Crippen LogP contribution in [0.5, 0.6) is 0 Å². The minimum absolute atomic E-state index is 0.234. The third-order valence-corrected chi connectivity index (χ3v) is 5.28. The average Bonchev–Trinajstić information content (AvgIpc) is 2.73. The van der Waals surface area contributed by atoms with Crippen molar-refractivity contribution in [1.82, 2.24) is 4.90 Å². The van der Waals surface area contributed by atoms with Crippen molar-refractivity contribution in [1.29, 1.82) is 0 Å². The van der Waals surface area contributed by atoms with E-state index in [9.17, 15) is 9.59 Å². The molecule has 0 radical (unpaired) electrons. The Hall–Kier alpha value is -2.08. The highest BCUT2D eigenvalue weighted by Crippen LogP contribution is 2.28. The van der Waals surface area contributed by atoms with Crippen molar-refractivity contribution in [3.05, 3.63) is 69.7 Å². The number of hydrogen-bond acceptors (Lipinski definition) is 5. The first kappa shape index (κ1) is 24.2. The van der Waals surface area contributed by atoms with Crippen LogP contribution in [-0.4, -0.2) is 43.1 Å². The molecule has 0 aliphatic heterocycles. The first-order valence-electron chi connectivity index (χ1n) is 9.98. The van der Waals surface area contributed by atoms with Gasteiger partial charge in [0.1, 0.15) is 0 Å². The quantitative estimate of drug-likeness (QED) is 0.445. The lowest BCUT2D eigenvalue weighted by Gasteiger charge is -2.27. The van der Waals surface area contributed by atoms with E-state index in [1.165, 1.54) is 0 Å². The number of halogens is 2. The zero-order valence-corrected chi connectivity index (χ0v) is 18.8. The smallest absolute Gasteiger partial charge is 0.314 e. The predicted octanol–water partition coefficient (Wildman–Crippen LogP) is 5.10. The van der Waals surface area contributed by atoms with Crippen LogP contribution in [0.2, 0.25) is 10.0 Å². The van der Waals surface area contributed by atoms with Gasteiger partial charge in [-0.05, 0) is 37.1 Å². The number of rotatable bonds is 11. The molecule has 7 heteroatoms. The van der Waals surface area contributed by atoms with Gasteiger partial charge in [-0.1, -0.05) is 59.6 Å². The largest absolute Gasteiger partial charge is 0.466 e. The second-order valence-electron chi connectivity index (χ2n) is 6.75. The molecule has 0 heterocycles. The van der Waals surface area contributed by atoms with Crippen molar-refractivity contribution in [3.8, 4) is 0 Å². The Labute approximate surface area is 187 Å². The van der Waals surface area contributed by atoms with Gasteiger partial charge in [0.15, 0.2) is 0 Å². The van der Waals surface area contributed by atoms with Crippen molar-refractivity contribution in [2.75, 3.05) is 26.3 Å². The van der Waals surface area contributed by atoms with E-state index in [1.54, 1.807) is 32.0 Å². The molecule has 0 aromatic heterocycles. The Bertz CT molecular complexity index is 829. The molecule has 2 aromatic carbocycles. The van der Waals surface area contributed by atoms with Crippen LogP contribution in [-0.2, 0) is 25.6 Å². The van der Waals surface area contributed by atoms with E-state index in [0.29, 0.717) is 36.3 Å². The van der Waals surface area contributed by atoms with Crippen LogP contribution in [0.4, 0.5) is 0 Å². The number of ether oxygens (including phenoxy) is 2. The topological polar surface area (TPSA) is 55.8 Å². The molecule has 1 unspecified atom stereocenters.